The summed E-state index contributed by atoms with van der Waals surface area (Å²) in [7, 11) is 1.62. The van der Waals surface area contributed by atoms with Gasteiger partial charge in [-0.2, -0.15) is 0 Å². The van der Waals surface area contributed by atoms with Gasteiger partial charge in [0.25, 0.3) is 5.56 Å². The number of fused-ring (bicyclic) bond motifs is 4. The maximum absolute atomic E-state index is 13.5. The molecular weight excluding hydrogens is 406 g/mol. The molecule has 0 unspecified atom stereocenters. The molecule has 2 bridgehead atoms. The van der Waals surface area contributed by atoms with Crippen LogP contribution < -0.4 is 15.6 Å². The summed E-state index contributed by atoms with van der Waals surface area (Å²) >= 11 is 0. The molecule has 4 atom stereocenters. The number of ether oxygens (including phenoxy) is 1. The van der Waals surface area contributed by atoms with Crippen molar-refractivity contribution >= 4 is 5.91 Å². The molecule has 170 valence electrons. The minimum absolute atomic E-state index is 0.00188. The third-order valence-electron chi connectivity index (χ3n) is 7.50. The standard InChI is InChI=1S/C25H31N3O4/c1-3-27-21-13-28-20(11-10-18(25(28)31)16-6-8-17(32-2)9-7-16)23(27)22(19(21)14-29)24(30)26-12-15-4-5-15/h6-11,15,19,21-23,29H,3-5,12-14H2,1-2H3,(H,26,30)/t19-,21-,22+,23+/m0/s1. The lowest BCUT2D eigenvalue weighted by atomic mass is 9.86. The number of aromatic nitrogens is 1. The van der Waals surface area contributed by atoms with Crippen LogP contribution >= 0.6 is 0 Å². The lowest BCUT2D eigenvalue weighted by Gasteiger charge is -2.37. The highest BCUT2D eigenvalue weighted by Gasteiger charge is 2.55. The Morgan fingerprint density at radius 3 is 2.56 bits per heavy atom. The zero-order chi connectivity index (χ0) is 22.4. The number of likely N-dealkylation sites (N-methyl/N-ethyl adjacent to an activating group) is 1. The van der Waals surface area contributed by atoms with Gasteiger partial charge in [0.05, 0.1) is 19.1 Å². The molecule has 3 aliphatic rings. The Hall–Kier alpha value is -2.64. The molecule has 1 amide bonds. The van der Waals surface area contributed by atoms with Crippen LogP contribution in [0.5, 0.6) is 5.75 Å². The lowest BCUT2D eigenvalue weighted by Crippen LogP contribution is -2.46. The number of methoxy groups -OCH3 is 1. The number of aliphatic hydroxyl groups excluding tert-OH is 1. The number of carbonyl (C=O) groups excluding carboxylic acids is 1. The first kappa shape index (κ1) is 21.2. The number of pyridine rings is 1. The molecule has 7 heteroatoms. The first-order valence-electron chi connectivity index (χ1n) is 11.6. The molecular formula is C25H31N3O4. The van der Waals surface area contributed by atoms with Gasteiger partial charge < -0.3 is 19.7 Å². The van der Waals surface area contributed by atoms with Gasteiger partial charge in [-0.05, 0) is 55.1 Å². The first-order chi connectivity index (χ1) is 15.6. The van der Waals surface area contributed by atoms with E-state index in [0.717, 1.165) is 23.6 Å². The van der Waals surface area contributed by atoms with Crippen LogP contribution in [0.25, 0.3) is 11.1 Å². The van der Waals surface area contributed by atoms with Crippen molar-refractivity contribution in [3.63, 3.8) is 0 Å². The molecule has 2 N–H and O–H groups in total. The summed E-state index contributed by atoms with van der Waals surface area (Å²) in [4.78, 5) is 29.1. The average molecular weight is 438 g/mol. The molecule has 1 saturated carbocycles. The molecule has 32 heavy (non-hydrogen) atoms. The van der Waals surface area contributed by atoms with E-state index in [2.05, 4.69) is 17.1 Å². The summed E-state index contributed by atoms with van der Waals surface area (Å²) in [6.07, 6.45) is 2.35. The Kier molecular flexibility index (Phi) is 5.55. The van der Waals surface area contributed by atoms with Crippen molar-refractivity contribution < 1.29 is 14.6 Å². The van der Waals surface area contributed by atoms with E-state index in [9.17, 15) is 14.7 Å². The van der Waals surface area contributed by atoms with E-state index < -0.39 is 0 Å². The molecule has 1 aromatic heterocycles. The van der Waals surface area contributed by atoms with Crippen LogP contribution in [-0.2, 0) is 11.3 Å². The monoisotopic (exact) mass is 437 g/mol. The zero-order valence-electron chi connectivity index (χ0n) is 18.7. The molecule has 1 aliphatic carbocycles. The predicted molar refractivity (Wildman–Crippen MR) is 121 cm³/mol. The van der Waals surface area contributed by atoms with E-state index in [1.807, 2.05) is 41.0 Å². The summed E-state index contributed by atoms with van der Waals surface area (Å²) in [5.41, 5.74) is 2.30. The number of nitrogens with zero attached hydrogens (tertiary/aromatic N) is 2. The van der Waals surface area contributed by atoms with E-state index in [1.54, 1.807) is 7.11 Å². The Balaban J connectivity index is 1.53. The fraction of sp³-hybridized carbons (Fsp3) is 0.520. The maximum Gasteiger partial charge on any atom is 0.258 e. The fourth-order valence-electron chi connectivity index (χ4n) is 5.63. The van der Waals surface area contributed by atoms with Gasteiger partial charge in [0.15, 0.2) is 0 Å². The minimum atomic E-state index is -0.358. The van der Waals surface area contributed by atoms with Crippen LogP contribution in [0.1, 0.15) is 31.5 Å². The van der Waals surface area contributed by atoms with E-state index in [4.69, 9.17) is 4.74 Å². The zero-order valence-corrected chi connectivity index (χ0v) is 18.7. The van der Waals surface area contributed by atoms with Gasteiger partial charge in [0, 0.05) is 42.9 Å². The average Bonchev–Trinajstić information content (AvgIpc) is 3.62. The highest BCUT2D eigenvalue weighted by atomic mass is 16.5. The Morgan fingerprint density at radius 1 is 1.19 bits per heavy atom. The number of hydrogen-bond acceptors (Lipinski definition) is 5. The summed E-state index contributed by atoms with van der Waals surface area (Å²) in [5.74, 6) is 0.791. The van der Waals surface area contributed by atoms with Crippen molar-refractivity contribution in [2.75, 3.05) is 26.8 Å². The second kappa shape index (κ2) is 8.37. The van der Waals surface area contributed by atoms with Crippen molar-refractivity contribution in [2.24, 2.45) is 17.8 Å². The molecule has 0 radical (unpaired) electrons. The molecule has 1 aromatic carbocycles. The molecule has 3 heterocycles. The topological polar surface area (TPSA) is 83.8 Å². The number of amides is 1. The van der Waals surface area contributed by atoms with E-state index in [-0.39, 0.29) is 42.0 Å². The van der Waals surface area contributed by atoms with Gasteiger partial charge in [0.1, 0.15) is 5.75 Å². The van der Waals surface area contributed by atoms with E-state index in [0.29, 0.717) is 24.6 Å². The van der Waals surface area contributed by atoms with Crippen molar-refractivity contribution in [3.8, 4) is 16.9 Å². The molecule has 1 saturated heterocycles. The number of hydrogen-bond donors (Lipinski definition) is 2. The van der Waals surface area contributed by atoms with Crippen LogP contribution in [-0.4, -0.2) is 53.3 Å². The van der Waals surface area contributed by atoms with Crippen LogP contribution in [0.15, 0.2) is 41.2 Å². The fourth-order valence-corrected chi connectivity index (χ4v) is 5.63. The predicted octanol–water partition coefficient (Wildman–Crippen LogP) is 2.03. The molecule has 2 aliphatic heterocycles. The smallest absolute Gasteiger partial charge is 0.258 e. The Labute approximate surface area is 188 Å². The SMILES string of the molecule is CCN1[C@@H]2c3ccc(-c4ccc(OC)cc4)c(=O)n3C[C@H]1[C@H](CO)[C@H]2C(=O)NCC1CC1. The minimum Gasteiger partial charge on any atom is -0.497 e. The number of rotatable bonds is 7. The van der Waals surface area contributed by atoms with Gasteiger partial charge in [0.2, 0.25) is 5.91 Å². The Bertz CT molecular complexity index is 1060. The van der Waals surface area contributed by atoms with Crippen molar-refractivity contribution in [3.05, 3.63) is 52.4 Å². The van der Waals surface area contributed by atoms with Crippen molar-refractivity contribution in [1.82, 2.24) is 14.8 Å². The van der Waals surface area contributed by atoms with Crippen molar-refractivity contribution in [1.29, 1.82) is 0 Å². The quantitative estimate of drug-likeness (QED) is 0.693. The molecule has 5 rings (SSSR count). The highest BCUT2D eigenvalue weighted by Crippen LogP contribution is 2.48. The summed E-state index contributed by atoms with van der Waals surface area (Å²) in [6.45, 7) is 3.98. The number of aliphatic hydroxyl groups is 1. The molecule has 7 nitrogen and oxygen atoms in total. The molecule has 2 fully saturated rings. The summed E-state index contributed by atoms with van der Waals surface area (Å²) in [6, 6.07) is 11.1. The maximum atomic E-state index is 13.5. The van der Waals surface area contributed by atoms with Gasteiger partial charge >= 0.3 is 0 Å². The number of nitrogens with one attached hydrogen (secondary N) is 1. The van der Waals surface area contributed by atoms with Crippen molar-refractivity contribution in [2.45, 2.75) is 38.4 Å². The second-order valence-corrected chi connectivity index (χ2v) is 9.22. The van der Waals surface area contributed by atoms with Crippen LogP contribution in [0, 0.1) is 17.8 Å². The van der Waals surface area contributed by atoms with E-state index >= 15 is 0 Å². The van der Waals surface area contributed by atoms with Gasteiger partial charge in [-0.25, -0.2) is 0 Å². The number of benzene rings is 1. The third-order valence-corrected chi connectivity index (χ3v) is 7.50. The molecule has 0 spiro atoms. The summed E-state index contributed by atoms with van der Waals surface area (Å²) < 4.78 is 7.06. The lowest BCUT2D eigenvalue weighted by molar-refractivity contribution is -0.127. The largest absolute Gasteiger partial charge is 0.497 e. The van der Waals surface area contributed by atoms with Crippen LogP contribution in [0.4, 0.5) is 0 Å². The van der Waals surface area contributed by atoms with Crippen LogP contribution in [0.3, 0.4) is 0 Å². The van der Waals surface area contributed by atoms with E-state index in [1.165, 1.54) is 12.8 Å². The summed E-state index contributed by atoms with van der Waals surface area (Å²) in [5, 5.41) is 13.4. The first-order valence-corrected chi connectivity index (χ1v) is 11.6. The highest BCUT2D eigenvalue weighted by molar-refractivity contribution is 5.81. The van der Waals surface area contributed by atoms with Gasteiger partial charge in [-0.1, -0.05) is 19.1 Å². The van der Waals surface area contributed by atoms with Gasteiger partial charge in [-0.3, -0.25) is 14.5 Å². The van der Waals surface area contributed by atoms with Gasteiger partial charge in [-0.15, -0.1) is 0 Å². The van der Waals surface area contributed by atoms with Crippen LogP contribution in [0.2, 0.25) is 0 Å². The second-order valence-electron chi connectivity index (χ2n) is 9.22. The number of carbonyl (C=O) groups is 1. The molecule has 2 aromatic rings. The third kappa shape index (κ3) is 3.44. The Morgan fingerprint density at radius 2 is 1.94 bits per heavy atom. The normalized spacial score (nSPS) is 26.6.